The van der Waals surface area contributed by atoms with Gasteiger partial charge >= 0.3 is 0 Å². The molecule has 0 bridgehead atoms. The monoisotopic (exact) mass is 272 g/mol. The van der Waals surface area contributed by atoms with Gasteiger partial charge in [-0.15, -0.1) is 11.8 Å². The number of pyridine rings is 1. The third-order valence-electron chi connectivity index (χ3n) is 2.59. The molecule has 0 saturated heterocycles. The Kier molecular flexibility index (Phi) is 5.77. The smallest absolute Gasteiger partial charge is 0.0961 e. The summed E-state index contributed by atoms with van der Waals surface area (Å²) in [5.41, 5.74) is 0.259. The molecule has 0 aliphatic carbocycles. The van der Waals surface area contributed by atoms with Crippen molar-refractivity contribution in [3.05, 3.63) is 23.4 Å². The van der Waals surface area contributed by atoms with Crippen LogP contribution in [0, 0.1) is 5.41 Å². The van der Waals surface area contributed by atoms with E-state index in [1.54, 1.807) is 18.0 Å². The summed E-state index contributed by atoms with van der Waals surface area (Å²) >= 11 is 7.58. The van der Waals surface area contributed by atoms with Gasteiger partial charge < -0.3 is 5.32 Å². The highest BCUT2D eigenvalue weighted by Crippen LogP contribution is 2.26. The molecule has 1 unspecified atom stereocenters. The topological polar surface area (TPSA) is 24.9 Å². The minimum atomic E-state index is 0.259. The number of rotatable bonds is 5. The Morgan fingerprint density at radius 3 is 2.59 bits per heavy atom. The van der Waals surface area contributed by atoms with Gasteiger partial charge in [-0.1, -0.05) is 39.3 Å². The van der Waals surface area contributed by atoms with Gasteiger partial charge in [0.25, 0.3) is 0 Å². The average molecular weight is 273 g/mol. The molecular weight excluding hydrogens is 252 g/mol. The molecule has 0 fully saturated rings. The summed E-state index contributed by atoms with van der Waals surface area (Å²) in [6.45, 7) is 9.92. The molecule has 1 heterocycles. The number of aromatic nitrogens is 1. The van der Waals surface area contributed by atoms with Crippen molar-refractivity contribution in [3.63, 3.8) is 0 Å². The summed E-state index contributed by atoms with van der Waals surface area (Å²) < 4.78 is 0. The van der Waals surface area contributed by atoms with Gasteiger partial charge in [0.1, 0.15) is 0 Å². The quantitative estimate of drug-likeness (QED) is 0.824. The Bertz CT molecular complexity index is 332. The lowest BCUT2D eigenvalue weighted by Gasteiger charge is -2.31. The lowest BCUT2D eigenvalue weighted by atomic mass is 9.88. The van der Waals surface area contributed by atoms with E-state index in [1.165, 1.54) is 0 Å². The normalized spacial score (nSPS) is 13.7. The van der Waals surface area contributed by atoms with Gasteiger partial charge in [0.2, 0.25) is 0 Å². The van der Waals surface area contributed by atoms with Crippen molar-refractivity contribution in [2.75, 3.05) is 12.3 Å². The number of thioether (sulfide) groups is 1. The SMILES string of the molecule is CCNC(CSc1ccc(Cl)cn1)C(C)(C)C. The summed E-state index contributed by atoms with van der Waals surface area (Å²) in [4.78, 5) is 4.30. The van der Waals surface area contributed by atoms with Gasteiger partial charge in [0.15, 0.2) is 0 Å². The average Bonchev–Trinajstić information content (AvgIpc) is 2.25. The van der Waals surface area contributed by atoms with Crippen molar-refractivity contribution in [2.24, 2.45) is 5.41 Å². The first-order valence-corrected chi connectivity index (χ1v) is 7.27. The molecule has 2 nitrogen and oxygen atoms in total. The zero-order valence-corrected chi connectivity index (χ0v) is 12.5. The summed E-state index contributed by atoms with van der Waals surface area (Å²) in [5.74, 6) is 1.02. The second-order valence-corrected chi connectivity index (χ2v) is 6.58. The van der Waals surface area contributed by atoms with Gasteiger partial charge in [0, 0.05) is 18.0 Å². The Morgan fingerprint density at radius 1 is 1.41 bits per heavy atom. The molecule has 0 spiro atoms. The van der Waals surface area contributed by atoms with Gasteiger partial charge in [-0.05, 0) is 24.1 Å². The van der Waals surface area contributed by atoms with E-state index in [2.05, 4.69) is 38.0 Å². The summed E-state index contributed by atoms with van der Waals surface area (Å²) in [6, 6.07) is 4.34. The van der Waals surface area contributed by atoms with E-state index in [-0.39, 0.29) is 5.41 Å². The molecule has 17 heavy (non-hydrogen) atoms. The maximum atomic E-state index is 5.81. The van der Waals surface area contributed by atoms with Crippen molar-refractivity contribution >= 4 is 23.4 Å². The van der Waals surface area contributed by atoms with Gasteiger partial charge in [0.05, 0.1) is 10.0 Å². The van der Waals surface area contributed by atoms with Gasteiger partial charge in [-0.3, -0.25) is 0 Å². The highest BCUT2D eigenvalue weighted by Gasteiger charge is 2.23. The molecular formula is C13H21ClN2S. The molecule has 1 atom stereocenters. The van der Waals surface area contributed by atoms with E-state index in [0.29, 0.717) is 11.1 Å². The lowest BCUT2D eigenvalue weighted by molar-refractivity contribution is 0.295. The highest BCUT2D eigenvalue weighted by atomic mass is 35.5. The van der Waals surface area contributed by atoms with Crippen molar-refractivity contribution in [1.29, 1.82) is 0 Å². The van der Waals surface area contributed by atoms with Crippen molar-refractivity contribution in [2.45, 2.75) is 38.8 Å². The van der Waals surface area contributed by atoms with Crippen molar-refractivity contribution < 1.29 is 0 Å². The third-order valence-corrected chi connectivity index (χ3v) is 3.85. The lowest BCUT2D eigenvalue weighted by Crippen LogP contribution is -2.42. The molecule has 0 radical (unpaired) electrons. The fraction of sp³-hybridized carbons (Fsp3) is 0.615. The first-order chi connectivity index (χ1) is 7.93. The van der Waals surface area contributed by atoms with E-state index in [4.69, 9.17) is 11.6 Å². The summed E-state index contributed by atoms with van der Waals surface area (Å²) in [7, 11) is 0. The minimum absolute atomic E-state index is 0.259. The molecule has 0 aliphatic rings. The van der Waals surface area contributed by atoms with Crippen LogP contribution in [0.3, 0.4) is 0 Å². The van der Waals surface area contributed by atoms with Crippen LogP contribution in [0.2, 0.25) is 5.02 Å². The van der Waals surface area contributed by atoms with Crippen LogP contribution in [0.1, 0.15) is 27.7 Å². The Labute approximate surface area is 114 Å². The van der Waals surface area contributed by atoms with Crippen LogP contribution in [0.5, 0.6) is 0 Å². The zero-order valence-electron chi connectivity index (χ0n) is 11.0. The number of hydrogen-bond donors (Lipinski definition) is 1. The fourth-order valence-corrected chi connectivity index (χ4v) is 2.84. The number of hydrogen-bond acceptors (Lipinski definition) is 3. The van der Waals surface area contributed by atoms with Gasteiger partial charge in [-0.2, -0.15) is 0 Å². The van der Waals surface area contributed by atoms with Crippen molar-refractivity contribution in [3.8, 4) is 0 Å². The number of halogens is 1. The van der Waals surface area contributed by atoms with Crippen LogP contribution in [-0.2, 0) is 0 Å². The Morgan fingerprint density at radius 2 is 2.12 bits per heavy atom. The molecule has 1 aromatic rings. The van der Waals surface area contributed by atoms with Crippen LogP contribution in [0.4, 0.5) is 0 Å². The molecule has 0 aromatic carbocycles. The van der Waals surface area contributed by atoms with Gasteiger partial charge in [-0.25, -0.2) is 4.98 Å². The maximum Gasteiger partial charge on any atom is 0.0961 e. The van der Waals surface area contributed by atoms with E-state index < -0.39 is 0 Å². The molecule has 1 rings (SSSR count). The predicted octanol–water partition coefficient (Wildman–Crippen LogP) is 3.85. The molecule has 0 aliphatic heterocycles. The van der Waals surface area contributed by atoms with Crippen LogP contribution >= 0.6 is 23.4 Å². The minimum Gasteiger partial charge on any atom is -0.313 e. The molecule has 96 valence electrons. The Balaban J connectivity index is 2.54. The van der Waals surface area contributed by atoms with Crippen LogP contribution in [0.15, 0.2) is 23.4 Å². The van der Waals surface area contributed by atoms with E-state index in [0.717, 1.165) is 17.3 Å². The van der Waals surface area contributed by atoms with E-state index in [1.807, 2.05) is 12.1 Å². The zero-order chi connectivity index (χ0) is 12.9. The van der Waals surface area contributed by atoms with Crippen LogP contribution in [0.25, 0.3) is 0 Å². The van der Waals surface area contributed by atoms with E-state index in [9.17, 15) is 0 Å². The number of nitrogens with one attached hydrogen (secondary N) is 1. The second-order valence-electron chi connectivity index (χ2n) is 5.10. The fourth-order valence-electron chi connectivity index (χ4n) is 1.48. The molecule has 1 N–H and O–H groups in total. The van der Waals surface area contributed by atoms with E-state index >= 15 is 0 Å². The molecule has 0 saturated carbocycles. The molecule has 1 aromatic heterocycles. The first-order valence-electron chi connectivity index (χ1n) is 5.91. The predicted molar refractivity (Wildman–Crippen MR) is 76.9 cm³/mol. The number of nitrogens with zero attached hydrogens (tertiary/aromatic N) is 1. The first kappa shape index (κ1) is 14.8. The Hall–Kier alpha value is -0.250. The summed E-state index contributed by atoms with van der Waals surface area (Å²) in [6.07, 6.45) is 1.70. The van der Waals surface area contributed by atoms with Crippen LogP contribution in [-0.4, -0.2) is 23.3 Å². The second kappa shape index (κ2) is 6.62. The third kappa shape index (κ3) is 5.28. The summed E-state index contributed by atoms with van der Waals surface area (Å²) in [5, 5.41) is 5.25. The highest BCUT2D eigenvalue weighted by molar-refractivity contribution is 7.99. The maximum absolute atomic E-state index is 5.81. The standard InChI is InChI=1S/C13H21ClN2S/c1-5-15-11(13(2,3)4)9-17-12-7-6-10(14)8-16-12/h6-8,11,15H,5,9H2,1-4H3. The molecule has 4 heteroatoms. The van der Waals surface area contributed by atoms with Crippen LogP contribution < -0.4 is 5.32 Å². The molecule has 0 amide bonds. The van der Waals surface area contributed by atoms with Crippen molar-refractivity contribution in [1.82, 2.24) is 10.3 Å². The largest absolute Gasteiger partial charge is 0.313 e.